The first-order valence-electron chi connectivity index (χ1n) is 9.12. The molecule has 2 aromatic rings. The number of rotatable bonds is 3. The standard InChI is InChI=1S/C20H24ClN5/c1-13-4-3-5-14(17(13)21)18-19-15(10-23-18)25-16(11-24-19)26-8-6-20(2,12-22)7-9-26/h3-5,11H,6-10,12,22H2,1-2H3. The predicted molar refractivity (Wildman–Crippen MR) is 106 cm³/mol. The molecule has 136 valence electrons. The van der Waals surface area contributed by atoms with Gasteiger partial charge in [-0.2, -0.15) is 0 Å². The number of anilines is 1. The molecule has 2 aliphatic heterocycles. The molecule has 1 aromatic heterocycles. The Kier molecular flexibility index (Phi) is 4.45. The molecule has 0 radical (unpaired) electrons. The smallest absolute Gasteiger partial charge is 0.147 e. The lowest BCUT2D eigenvalue weighted by molar-refractivity contribution is 0.258. The largest absolute Gasteiger partial charge is 0.355 e. The fraction of sp³-hybridized carbons (Fsp3) is 0.450. The molecule has 1 saturated heterocycles. The number of hydrogen-bond acceptors (Lipinski definition) is 5. The van der Waals surface area contributed by atoms with Gasteiger partial charge in [0.2, 0.25) is 0 Å². The average Bonchev–Trinajstić information content (AvgIpc) is 3.07. The number of nitrogens with zero attached hydrogens (tertiary/aromatic N) is 4. The second-order valence-corrected chi connectivity index (χ2v) is 8.00. The van der Waals surface area contributed by atoms with Gasteiger partial charge in [-0.25, -0.2) is 9.97 Å². The summed E-state index contributed by atoms with van der Waals surface area (Å²) in [6.07, 6.45) is 4.04. The Hall–Kier alpha value is -1.98. The minimum absolute atomic E-state index is 0.249. The van der Waals surface area contributed by atoms with Crippen LogP contribution in [0.2, 0.25) is 5.02 Å². The van der Waals surface area contributed by atoms with E-state index in [2.05, 4.69) is 16.8 Å². The Bertz CT molecular complexity index is 869. The number of hydrogen-bond donors (Lipinski definition) is 1. The predicted octanol–water partition coefficient (Wildman–Crippen LogP) is 3.35. The van der Waals surface area contributed by atoms with Gasteiger partial charge in [0.25, 0.3) is 0 Å². The Morgan fingerprint density at radius 3 is 2.77 bits per heavy atom. The molecular weight excluding hydrogens is 346 g/mol. The van der Waals surface area contributed by atoms with Crippen molar-refractivity contribution in [2.75, 3.05) is 24.5 Å². The van der Waals surface area contributed by atoms with Crippen LogP contribution >= 0.6 is 11.6 Å². The molecule has 2 N–H and O–H groups in total. The normalized spacial score (nSPS) is 18.6. The molecule has 0 bridgehead atoms. The summed E-state index contributed by atoms with van der Waals surface area (Å²) in [6, 6.07) is 6.00. The molecule has 6 heteroatoms. The quantitative estimate of drug-likeness (QED) is 0.900. The van der Waals surface area contributed by atoms with Crippen LogP contribution in [0.25, 0.3) is 0 Å². The zero-order chi connectivity index (χ0) is 18.3. The van der Waals surface area contributed by atoms with Crippen molar-refractivity contribution in [2.45, 2.75) is 33.2 Å². The highest BCUT2D eigenvalue weighted by atomic mass is 35.5. The Balaban J connectivity index is 1.58. The van der Waals surface area contributed by atoms with Crippen LogP contribution in [0.15, 0.2) is 29.4 Å². The number of nitrogens with two attached hydrogens (primary N) is 1. The molecule has 0 saturated carbocycles. The number of aromatic nitrogens is 2. The molecule has 0 amide bonds. The molecule has 0 spiro atoms. The summed E-state index contributed by atoms with van der Waals surface area (Å²) < 4.78 is 0. The zero-order valence-electron chi connectivity index (χ0n) is 15.3. The maximum absolute atomic E-state index is 6.49. The summed E-state index contributed by atoms with van der Waals surface area (Å²) >= 11 is 6.49. The summed E-state index contributed by atoms with van der Waals surface area (Å²) in [7, 11) is 0. The average molecular weight is 370 g/mol. The summed E-state index contributed by atoms with van der Waals surface area (Å²) in [5.41, 5.74) is 10.8. The first kappa shape index (κ1) is 17.4. The lowest BCUT2D eigenvalue weighted by Gasteiger charge is -2.39. The van der Waals surface area contributed by atoms with E-state index in [0.29, 0.717) is 6.54 Å². The number of fused-ring (bicyclic) bond motifs is 1. The lowest BCUT2D eigenvalue weighted by atomic mass is 9.80. The first-order chi connectivity index (χ1) is 12.5. The van der Waals surface area contributed by atoms with Gasteiger partial charge in [0.1, 0.15) is 11.5 Å². The molecule has 0 unspecified atom stereocenters. The van der Waals surface area contributed by atoms with Crippen LogP contribution < -0.4 is 10.6 Å². The highest BCUT2D eigenvalue weighted by Crippen LogP contribution is 2.32. The number of aryl methyl sites for hydroxylation is 1. The number of benzene rings is 1. The lowest BCUT2D eigenvalue weighted by Crippen LogP contribution is -2.42. The van der Waals surface area contributed by atoms with Crippen molar-refractivity contribution in [2.24, 2.45) is 16.1 Å². The highest BCUT2D eigenvalue weighted by molar-refractivity contribution is 6.36. The van der Waals surface area contributed by atoms with Crippen LogP contribution in [0.1, 0.15) is 42.3 Å². The number of piperidine rings is 1. The van der Waals surface area contributed by atoms with Gasteiger partial charge < -0.3 is 10.6 Å². The van der Waals surface area contributed by atoms with Crippen LogP contribution in [-0.2, 0) is 6.54 Å². The second kappa shape index (κ2) is 6.63. The summed E-state index contributed by atoms with van der Waals surface area (Å²) in [5.74, 6) is 0.939. The van der Waals surface area contributed by atoms with Crippen molar-refractivity contribution in [1.29, 1.82) is 0 Å². The van der Waals surface area contributed by atoms with E-state index in [1.807, 2.05) is 31.3 Å². The van der Waals surface area contributed by atoms with Crippen molar-refractivity contribution in [3.8, 4) is 0 Å². The molecule has 0 atom stereocenters. The SMILES string of the molecule is Cc1cccc(C2=NCc3nc(N4CCC(C)(CN)CC4)cnc32)c1Cl. The Labute approximate surface area is 159 Å². The molecule has 3 heterocycles. The molecule has 0 aliphatic carbocycles. The van der Waals surface area contributed by atoms with Crippen molar-refractivity contribution in [3.63, 3.8) is 0 Å². The third-order valence-electron chi connectivity index (χ3n) is 5.68. The number of halogens is 1. The van der Waals surface area contributed by atoms with Crippen molar-refractivity contribution in [1.82, 2.24) is 9.97 Å². The fourth-order valence-corrected chi connectivity index (χ4v) is 3.84. The van der Waals surface area contributed by atoms with Gasteiger partial charge in [0.15, 0.2) is 0 Å². The third-order valence-corrected chi connectivity index (χ3v) is 6.18. The van der Waals surface area contributed by atoms with Gasteiger partial charge in [-0.15, -0.1) is 0 Å². The van der Waals surface area contributed by atoms with Crippen LogP contribution in [0.4, 0.5) is 5.82 Å². The topological polar surface area (TPSA) is 67.4 Å². The van der Waals surface area contributed by atoms with Crippen LogP contribution in [-0.4, -0.2) is 35.3 Å². The second-order valence-electron chi connectivity index (χ2n) is 7.63. The molecule has 2 aliphatic rings. The minimum atomic E-state index is 0.249. The maximum atomic E-state index is 6.49. The van der Waals surface area contributed by atoms with Gasteiger partial charge in [-0.1, -0.05) is 36.7 Å². The maximum Gasteiger partial charge on any atom is 0.147 e. The van der Waals surface area contributed by atoms with E-state index in [4.69, 9.17) is 27.3 Å². The van der Waals surface area contributed by atoms with E-state index in [9.17, 15) is 0 Å². The summed E-state index contributed by atoms with van der Waals surface area (Å²) in [4.78, 5) is 16.5. The molecule has 4 rings (SSSR count). The first-order valence-corrected chi connectivity index (χ1v) is 9.50. The van der Waals surface area contributed by atoms with E-state index < -0.39 is 0 Å². The van der Waals surface area contributed by atoms with Gasteiger partial charge >= 0.3 is 0 Å². The van der Waals surface area contributed by atoms with Crippen molar-refractivity contribution >= 4 is 23.1 Å². The van der Waals surface area contributed by atoms with E-state index in [1.165, 1.54) is 0 Å². The van der Waals surface area contributed by atoms with Gasteiger partial charge in [0, 0.05) is 18.7 Å². The van der Waals surface area contributed by atoms with E-state index in [1.54, 1.807) is 0 Å². The van der Waals surface area contributed by atoms with E-state index in [0.717, 1.165) is 71.5 Å². The molecule has 5 nitrogen and oxygen atoms in total. The molecule has 1 fully saturated rings. The van der Waals surface area contributed by atoms with Gasteiger partial charge in [0.05, 0.1) is 29.2 Å². The number of aliphatic imine (C=N–C) groups is 1. The monoisotopic (exact) mass is 369 g/mol. The van der Waals surface area contributed by atoms with Gasteiger partial charge in [-0.3, -0.25) is 4.99 Å². The van der Waals surface area contributed by atoms with Crippen molar-refractivity contribution < 1.29 is 0 Å². The Morgan fingerprint density at radius 2 is 2.04 bits per heavy atom. The minimum Gasteiger partial charge on any atom is -0.355 e. The third kappa shape index (κ3) is 2.99. The van der Waals surface area contributed by atoms with Crippen LogP contribution in [0.3, 0.4) is 0 Å². The molecular formula is C20H24ClN5. The highest BCUT2D eigenvalue weighted by Gasteiger charge is 2.30. The Morgan fingerprint density at radius 1 is 1.27 bits per heavy atom. The van der Waals surface area contributed by atoms with Crippen molar-refractivity contribution in [3.05, 3.63) is 51.9 Å². The van der Waals surface area contributed by atoms with Crippen LogP contribution in [0, 0.1) is 12.3 Å². The molecule has 26 heavy (non-hydrogen) atoms. The van der Waals surface area contributed by atoms with E-state index in [-0.39, 0.29) is 5.41 Å². The van der Waals surface area contributed by atoms with Gasteiger partial charge in [-0.05, 0) is 37.3 Å². The zero-order valence-corrected chi connectivity index (χ0v) is 16.1. The van der Waals surface area contributed by atoms with Crippen LogP contribution in [0.5, 0.6) is 0 Å². The molecule has 1 aromatic carbocycles. The summed E-state index contributed by atoms with van der Waals surface area (Å²) in [5, 5.41) is 0.738. The fourth-order valence-electron chi connectivity index (χ4n) is 3.63. The summed E-state index contributed by atoms with van der Waals surface area (Å²) in [6.45, 7) is 7.51. The van der Waals surface area contributed by atoms with E-state index >= 15 is 0 Å².